The summed E-state index contributed by atoms with van der Waals surface area (Å²) in [5, 5.41) is 12.2. The minimum Gasteiger partial charge on any atom is -0.378 e. The molecule has 5 nitrogen and oxygen atoms in total. The lowest BCUT2D eigenvalue weighted by Crippen LogP contribution is -2.30. The number of rotatable bonds is 6. The molecule has 0 unspecified atom stereocenters. The van der Waals surface area contributed by atoms with Crippen LogP contribution in [0.3, 0.4) is 0 Å². The van der Waals surface area contributed by atoms with E-state index in [2.05, 4.69) is 16.4 Å². The van der Waals surface area contributed by atoms with Gasteiger partial charge in [0.1, 0.15) is 5.82 Å². The lowest BCUT2D eigenvalue weighted by Gasteiger charge is -2.26. The highest BCUT2D eigenvalue weighted by Gasteiger charge is 2.18. The molecule has 3 N–H and O–H groups in total. The van der Waals surface area contributed by atoms with E-state index in [1.807, 2.05) is 6.92 Å². The highest BCUT2D eigenvalue weighted by Crippen LogP contribution is 2.19. The van der Waals surface area contributed by atoms with Gasteiger partial charge in [-0.1, -0.05) is 0 Å². The molecule has 1 aliphatic carbocycles. The van der Waals surface area contributed by atoms with Crippen molar-refractivity contribution in [3.63, 3.8) is 0 Å². The fourth-order valence-corrected chi connectivity index (χ4v) is 2.62. The number of ether oxygens (including phenoxy) is 1. The first-order valence-electron chi connectivity index (χ1n) is 7.67. The van der Waals surface area contributed by atoms with Crippen molar-refractivity contribution in [2.45, 2.75) is 51.2 Å². The summed E-state index contributed by atoms with van der Waals surface area (Å²) in [6.45, 7) is 3.44. The van der Waals surface area contributed by atoms with Crippen molar-refractivity contribution in [3.05, 3.63) is 23.4 Å². The van der Waals surface area contributed by atoms with E-state index in [0.29, 0.717) is 17.7 Å². The number of aryl methyl sites for hydroxylation is 1. The van der Waals surface area contributed by atoms with Gasteiger partial charge in [0.2, 0.25) is 0 Å². The first-order valence-corrected chi connectivity index (χ1v) is 7.67. The molecule has 0 radical (unpaired) electrons. The summed E-state index contributed by atoms with van der Waals surface area (Å²) in [5.41, 5.74) is 7.37. The molecule has 0 amide bonds. The highest BCUT2D eigenvalue weighted by molar-refractivity contribution is 5.44. The summed E-state index contributed by atoms with van der Waals surface area (Å²) in [6.07, 6.45) is 5.63. The van der Waals surface area contributed by atoms with Crippen LogP contribution in [0.1, 0.15) is 43.4 Å². The monoisotopic (exact) mass is 288 g/mol. The smallest absolute Gasteiger partial charge is 0.127 e. The minimum atomic E-state index is 0.369. The van der Waals surface area contributed by atoms with Gasteiger partial charge in [0.25, 0.3) is 0 Å². The van der Waals surface area contributed by atoms with Gasteiger partial charge in [0.15, 0.2) is 0 Å². The minimum absolute atomic E-state index is 0.369. The second kappa shape index (κ2) is 7.96. The maximum Gasteiger partial charge on any atom is 0.127 e. The van der Waals surface area contributed by atoms with Gasteiger partial charge in [0, 0.05) is 24.9 Å². The zero-order chi connectivity index (χ0) is 15.1. The van der Waals surface area contributed by atoms with Crippen LogP contribution >= 0.6 is 0 Å². The van der Waals surface area contributed by atoms with Crippen LogP contribution in [0.2, 0.25) is 0 Å². The Morgan fingerprint density at radius 1 is 1.38 bits per heavy atom. The highest BCUT2D eigenvalue weighted by atomic mass is 16.5. The summed E-state index contributed by atoms with van der Waals surface area (Å²) in [4.78, 5) is 4.36. The van der Waals surface area contributed by atoms with E-state index in [1.54, 1.807) is 12.1 Å². The summed E-state index contributed by atoms with van der Waals surface area (Å²) < 4.78 is 5.87. The third-order valence-electron chi connectivity index (χ3n) is 3.78. The molecule has 0 atom stereocenters. The Labute approximate surface area is 126 Å². The van der Waals surface area contributed by atoms with Gasteiger partial charge in [-0.05, 0) is 51.2 Å². The van der Waals surface area contributed by atoms with Crippen LogP contribution in [0.15, 0.2) is 12.1 Å². The molecule has 0 aromatic carbocycles. The van der Waals surface area contributed by atoms with E-state index in [4.69, 9.17) is 15.7 Å². The Hall–Kier alpha value is -1.64. The zero-order valence-electron chi connectivity index (χ0n) is 12.6. The molecule has 0 saturated heterocycles. The average Bonchev–Trinajstić information content (AvgIpc) is 2.48. The number of nitriles is 1. The Bertz CT molecular complexity index is 490. The standard InChI is InChI=1S/C16H24N4O/c1-12-9-13(11-17)10-16(20-12)19-7-2-8-21-15-5-3-14(18)4-6-15/h9-10,14-15H,2-8,18H2,1H3,(H,19,20). The summed E-state index contributed by atoms with van der Waals surface area (Å²) in [7, 11) is 0. The second-order valence-corrected chi connectivity index (χ2v) is 5.68. The van der Waals surface area contributed by atoms with Crippen molar-refractivity contribution < 1.29 is 4.74 Å². The Morgan fingerprint density at radius 2 is 2.14 bits per heavy atom. The largest absolute Gasteiger partial charge is 0.378 e. The number of nitrogens with zero attached hydrogens (tertiary/aromatic N) is 2. The SMILES string of the molecule is Cc1cc(C#N)cc(NCCCOC2CCC(N)CC2)n1. The quantitative estimate of drug-likeness (QED) is 0.785. The third kappa shape index (κ3) is 5.33. The molecule has 1 fully saturated rings. The lowest BCUT2D eigenvalue weighted by molar-refractivity contribution is 0.0251. The maximum atomic E-state index is 8.92. The summed E-state index contributed by atoms with van der Waals surface area (Å²) >= 11 is 0. The summed E-state index contributed by atoms with van der Waals surface area (Å²) in [5.74, 6) is 0.759. The number of nitrogens with two attached hydrogens (primary N) is 1. The van der Waals surface area contributed by atoms with Crippen LogP contribution in [0.25, 0.3) is 0 Å². The molecule has 0 spiro atoms. The first kappa shape index (κ1) is 15.7. The number of nitrogens with one attached hydrogen (secondary N) is 1. The molecule has 0 bridgehead atoms. The fourth-order valence-electron chi connectivity index (χ4n) is 2.62. The molecule has 114 valence electrons. The van der Waals surface area contributed by atoms with E-state index in [9.17, 15) is 0 Å². The molecule has 1 aromatic rings. The van der Waals surface area contributed by atoms with Gasteiger partial charge in [0.05, 0.1) is 17.7 Å². The van der Waals surface area contributed by atoms with E-state index < -0.39 is 0 Å². The molecule has 2 rings (SSSR count). The Kier molecular flexibility index (Phi) is 5.97. The number of hydrogen-bond acceptors (Lipinski definition) is 5. The molecule has 1 heterocycles. The van der Waals surface area contributed by atoms with E-state index in [-0.39, 0.29) is 0 Å². The molecule has 0 aliphatic heterocycles. The van der Waals surface area contributed by atoms with Crippen molar-refractivity contribution in [2.75, 3.05) is 18.5 Å². The van der Waals surface area contributed by atoms with E-state index >= 15 is 0 Å². The van der Waals surface area contributed by atoms with Gasteiger partial charge >= 0.3 is 0 Å². The first-order chi connectivity index (χ1) is 10.2. The molecular formula is C16H24N4O. The number of aromatic nitrogens is 1. The van der Waals surface area contributed by atoms with Crippen molar-refractivity contribution in [3.8, 4) is 6.07 Å². The predicted molar refractivity (Wildman–Crippen MR) is 83.0 cm³/mol. The normalized spacial score (nSPS) is 21.8. The average molecular weight is 288 g/mol. The van der Waals surface area contributed by atoms with Crippen molar-refractivity contribution >= 4 is 5.82 Å². The third-order valence-corrected chi connectivity index (χ3v) is 3.78. The number of pyridine rings is 1. The van der Waals surface area contributed by atoms with Crippen LogP contribution < -0.4 is 11.1 Å². The molecular weight excluding hydrogens is 264 g/mol. The van der Waals surface area contributed by atoms with Crippen molar-refractivity contribution in [2.24, 2.45) is 5.73 Å². The molecule has 5 heteroatoms. The van der Waals surface area contributed by atoms with Crippen LogP contribution in [-0.4, -0.2) is 30.3 Å². The maximum absolute atomic E-state index is 8.92. The van der Waals surface area contributed by atoms with Crippen molar-refractivity contribution in [1.82, 2.24) is 4.98 Å². The Balaban J connectivity index is 1.64. The van der Waals surface area contributed by atoms with E-state index in [1.165, 1.54) is 0 Å². The van der Waals surface area contributed by atoms with Gasteiger partial charge in [-0.2, -0.15) is 5.26 Å². The van der Waals surface area contributed by atoms with Crippen LogP contribution in [-0.2, 0) is 4.74 Å². The second-order valence-electron chi connectivity index (χ2n) is 5.68. The van der Waals surface area contributed by atoms with Crippen LogP contribution in [0.4, 0.5) is 5.82 Å². The topological polar surface area (TPSA) is 84.0 Å². The number of anilines is 1. The van der Waals surface area contributed by atoms with Crippen LogP contribution in [0, 0.1) is 18.3 Å². The van der Waals surface area contributed by atoms with Gasteiger partial charge in [-0.15, -0.1) is 0 Å². The lowest BCUT2D eigenvalue weighted by atomic mass is 9.94. The van der Waals surface area contributed by atoms with E-state index in [0.717, 1.165) is 56.8 Å². The Morgan fingerprint density at radius 3 is 2.86 bits per heavy atom. The zero-order valence-corrected chi connectivity index (χ0v) is 12.6. The molecule has 1 aromatic heterocycles. The molecule has 1 aliphatic rings. The molecule has 1 saturated carbocycles. The predicted octanol–water partition coefficient (Wildman–Crippen LogP) is 2.35. The van der Waals surface area contributed by atoms with Gasteiger partial charge in [-0.3, -0.25) is 0 Å². The fraction of sp³-hybridized carbons (Fsp3) is 0.625. The van der Waals surface area contributed by atoms with Crippen LogP contribution in [0.5, 0.6) is 0 Å². The van der Waals surface area contributed by atoms with Gasteiger partial charge in [-0.25, -0.2) is 4.98 Å². The van der Waals surface area contributed by atoms with Gasteiger partial charge < -0.3 is 15.8 Å². The van der Waals surface area contributed by atoms with Crippen molar-refractivity contribution in [1.29, 1.82) is 5.26 Å². The summed E-state index contributed by atoms with van der Waals surface area (Å²) in [6, 6.07) is 6.06. The molecule has 21 heavy (non-hydrogen) atoms. The number of hydrogen-bond donors (Lipinski definition) is 2.